The Labute approximate surface area is 150 Å². The second kappa shape index (κ2) is 6.74. The number of H-pyrrole nitrogens is 1. The van der Waals surface area contributed by atoms with Crippen LogP contribution < -0.4 is 4.74 Å². The average molecular weight is 342 g/mol. The third kappa shape index (κ3) is 3.14. The minimum absolute atomic E-state index is 0.100. The zero-order valence-electron chi connectivity index (χ0n) is 16.1. The number of fused-ring (bicyclic) bond motifs is 1. The van der Waals surface area contributed by atoms with Gasteiger partial charge in [0.1, 0.15) is 5.75 Å². The number of benzene rings is 1. The zero-order chi connectivity index (χ0) is 18.2. The molecule has 1 aromatic carbocycles. The van der Waals surface area contributed by atoms with Gasteiger partial charge >= 0.3 is 0 Å². The molecule has 2 heterocycles. The van der Waals surface area contributed by atoms with Crippen LogP contribution in [0.15, 0.2) is 18.2 Å². The minimum Gasteiger partial charge on any atom is -0.497 e. The third-order valence-corrected chi connectivity index (χ3v) is 6.01. The van der Waals surface area contributed by atoms with Gasteiger partial charge in [-0.3, -0.25) is 4.79 Å². The first-order valence-corrected chi connectivity index (χ1v) is 9.35. The molecule has 0 saturated carbocycles. The van der Waals surface area contributed by atoms with E-state index in [1.54, 1.807) is 7.11 Å². The molecule has 1 amide bonds. The Morgan fingerprint density at radius 1 is 1.36 bits per heavy atom. The SMILES string of the molecule is CCC(C)C(=O)N1CCC(C)(c2c(C)[nH]c3cc(OC)ccc23)CC1. The van der Waals surface area contributed by atoms with Gasteiger partial charge < -0.3 is 14.6 Å². The summed E-state index contributed by atoms with van der Waals surface area (Å²) in [5.74, 6) is 1.32. The second-order valence-corrected chi connectivity index (χ2v) is 7.73. The number of nitrogens with one attached hydrogen (secondary N) is 1. The fraction of sp³-hybridized carbons (Fsp3) is 0.571. The third-order valence-electron chi connectivity index (χ3n) is 6.01. The number of nitrogens with zero attached hydrogens (tertiary/aromatic N) is 1. The van der Waals surface area contributed by atoms with Crippen LogP contribution in [0.5, 0.6) is 5.75 Å². The molecule has 1 N–H and O–H groups in total. The normalized spacial score (nSPS) is 18.4. The van der Waals surface area contributed by atoms with E-state index in [-0.39, 0.29) is 11.3 Å². The number of amides is 1. The second-order valence-electron chi connectivity index (χ2n) is 7.73. The van der Waals surface area contributed by atoms with E-state index in [1.165, 1.54) is 16.6 Å². The lowest BCUT2D eigenvalue weighted by Crippen LogP contribution is -2.45. The molecule has 0 bridgehead atoms. The lowest BCUT2D eigenvalue weighted by molar-refractivity contribution is -0.136. The lowest BCUT2D eigenvalue weighted by Gasteiger charge is -2.40. The Hall–Kier alpha value is -1.97. The Balaban J connectivity index is 1.86. The van der Waals surface area contributed by atoms with E-state index < -0.39 is 0 Å². The Bertz CT molecular complexity index is 770. The first-order valence-electron chi connectivity index (χ1n) is 9.35. The van der Waals surface area contributed by atoms with Crippen molar-refractivity contribution in [2.75, 3.05) is 20.2 Å². The number of aromatic nitrogens is 1. The van der Waals surface area contributed by atoms with Crippen LogP contribution in [0.4, 0.5) is 0 Å². The Kier molecular flexibility index (Phi) is 4.81. The van der Waals surface area contributed by atoms with Crippen molar-refractivity contribution in [3.63, 3.8) is 0 Å². The van der Waals surface area contributed by atoms with Crippen molar-refractivity contribution in [1.29, 1.82) is 0 Å². The van der Waals surface area contributed by atoms with E-state index in [0.29, 0.717) is 5.91 Å². The highest BCUT2D eigenvalue weighted by Crippen LogP contribution is 2.41. The summed E-state index contributed by atoms with van der Waals surface area (Å²) in [7, 11) is 1.70. The molecular weight excluding hydrogens is 312 g/mol. The van der Waals surface area contributed by atoms with Crippen LogP contribution in [0.1, 0.15) is 51.3 Å². The van der Waals surface area contributed by atoms with Crippen LogP contribution >= 0.6 is 0 Å². The van der Waals surface area contributed by atoms with Gasteiger partial charge in [0.05, 0.1) is 7.11 Å². The van der Waals surface area contributed by atoms with Crippen LogP contribution in [0.3, 0.4) is 0 Å². The molecule has 25 heavy (non-hydrogen) atoms. The van der Waals surface area contributed by atoms with E-state index in [2.05, 4.69) is 42.8 Å². The Morgan fingerprint density at radius 3 is 2.64 bits per heavy atom. The number of hydrogen-bond donors (Lipinski definition) is 1. The van der Waals surface area contributed by atoms with E-state index >= 15 is 0 Å². The summed E-state index contributed by atoms with van der Waals surface area (Å²) >= 11 is 0. The van der Waals surface area contributed by atoms with Gasteiger partial charge in [0.2, 0.25) is 5.91 Å². The van der Waals surface area contributed by atoms with Gasteiger partial charge in [-0.25, -0.2) is 0 Å². The van der Waals surface area contributed by atoms with Gasteiger partial charge in [-0.2, -0.15) is 0 Å². The quantitative estimate of drug-likeness (QED) is 0.894. The fourth-order valence-electron chi connectivity index (χ4n) is 4.17. The average Bonchev–Trinajstić information content (AvgIpc) is 2.96. The number of aromatic amines is 1. The molecule has 1 aliphatic rings. The summed E-state index contributed by atoms with van der Waals surface area (Å²) < 4.78 is 5.35. The number of methoxy groups -OCH3 is 1. The smallest absolute Gasteiger partial charge is 0.225 e. The van der Waals surface area contributed by atoms with Crippen molar-refractivity contribution in [3.8, 4) is 5.75 Å². The van der Waals surface area contributed by atoms with Crippen LogP contribution in [0, 0.1) is 12.8 Å². The molecule has 1 unspecified atom stereocenters. The van der Waals surface area contributed by atoms with Crippen LogP contribution in [0.25, 0.3) is 10.9 Å². The molecule has 3 rings (SSSR count). The summed E-state index contributed by atoms with van der Waals surface area (Å²) in [5, 5.41) is 1.28. The van der Waals surface area contributed by atoms with Gasteiger partial charge in [-0.1, -0.05) is 20.8 Å². The fourth-order valence-corrected chi connectivity index (χ4v) is 4.17. The maximum Gasteiger partial charge on any atom is 0.225 e. The van der Waals surface area contributed by atoms with Gasteiger partial charge in [-0.05, 0) is 49.3 Å². The van der Waals surface area contributed by atoms with Gasteiger partial charge in [0.25, 0.3) is 0 Å². The molecule has 0 spiro atoms. The number of rotatable bonds is 4. The number of likely N-dealkylation sites (tertiary alicyclic amines) is 1. The number of carbonyl (C=O) groups is 1. The predicted octanol–water partition coefficient (Wildman–Crippen LogP) is 4.41. The molecule has 0 aliphatic carbocycles. The van der Waals surface area contributed by atoms with Gasteiger partial charge in [-0.15, -0.1) is 0 Å². The molecule has 2 aromatic rings. The molecular formula is C21H30N2O2. The standard InChI is InChI=1S/C21H30N2O2/c1-6-14(2)20(24)23-11-9-21(4,10-12-23)19-15(3)22-18-13-16(25-5)7-8-17(18)19/h7-8,13-14,22H,6,9-12H2,1-5H3. The van der Waals surface area contributed by atoms with E-state index in [0.717, 1.165) is 43.6 Å². The van der Waals surface area contributed by atoms with Crippen LogP contribution in [-0.2, 0) is 10.2 Å². The van der Waals surface area contributed by atoms with Gasteiger partial charge in [0.15, 0.2) is 0 Å². The van der Waals surface area contributed by atoms with Crippen LogP contribution in [-0.4, -0.2) is 36.0 Å². The van der Waals surface area contributed by atoms with E-state index in [1.807, 2.05) is 13.0 Å². The van der Waals surface area contributed by atoms with Crippen molar-refractivity contribution < 1.29 is 9.53 Å². The summed E-state index contributed by atoms with van der Waals surface area (Å²) in [6.45, 7) is 10.3. The predicted molar refractivity (Wildman–Crippen MR) is 102 cm³/mol. The largest absolute Gasteiger partial charge is 0.497 e. The highest BCUT2D eigenvalue weighted by molar-refractivity contribution is 5.87. The lowest BCUT2D eigenvalue weighted by atomic mass is 9.73. The first-order chi connectivity index (χ1) is 11.9. The molecule has 1 atom stereocenters. The first kappa shape index (κ1) is 17.8. The molecule has 1 saturated heterocycles. The minimum atomic E-state index is 0.100. The van der Waals surface area contributed by atoms with Crippen molar-refractivity contribution >= 4 is 16.8 Å². The maximum absolute atomic E-state index is 12.5. The van der Waals surface area contributed by atoms with Crippen molar-refractivity contribution in [2.45, 2.75) is 52.4 Å². The van der Waals surface area contributed by atoms with Gasteiger partial charge in [0, 0.05) is 41.7 Å². The monoisotopic (exact) mass is 342 g/mol. The van der Waals surface area contributed by atoms with Crippen molar-refractivity contribution in [1.82, 2.24) is 9.88 Å². The highest BCUT2D eigenvalue weighted by atomic mass is 16.5. The number of ether oxygens (including phenoxy) is 1. The highest BCUT2D eigenvalue weighted by Gasteiger charge is 2.36. The summed E-state index contributed by atoms with van der Waals surface area (Å²) in [6, 6.07) is 6.26. The molecule has 4 nitrogen and oxygen atoms in total. The molecule has 1 aliphatic heterocycles. The summed E-state index contributed by atoms with van der Waals surface area (Å²) in [5.41, 5.74) is 3.86. The zero-order valence-corrected chi connectivity index (χ0v) is 16.1. The number of piperidine rings is 1. The van der Waals surface area contributed by atoms with E-state index in [4.69, 9.17) is 4.74 Å². The summed E-state index contributed by atoms with van der Waals surface area (Å²) in [4.78, 5) is 18.1. The number of carbonyl (C=O) groups excluding carboxylic acids is 1. The molecule has 4 heteroatoms. The van der Waals surface area contributed by atoms with E-state index in [9.17, 15) is 4.79 Å². The number of aryl methyl sites for hydroxylation is 1. The molecule has 1 fully saturated rings. The molecule has 1 aromatic heterocycles. The van der Waals surface area contributed by atoms with Crippen LogP contribution in [0.2, 0.25) is 0 Å². The number of hydrogen-bond acceptors (Lipinski definition) is 2. The molecule has 0 radical (unpaired) electrons. The maximum atomic E-state index is 12.5. The van der Waals surface area contributed by atoms with Crippen molar-refractivity contribution in [2.24, 2.45) is 5.92 Å². The van der Waals surface area contributed by atoms with Crippen molar-refractivity contribution in [3.05, 3.63) is 29.5 Å². The molecule has 136 valence electrons. The Morgan fingerprint density at radius 2 is 2.04 bits per heavy atom. The topological polar surface area (TPSA) is 45.3 Å². The summed E-state index contributed by atoms with van der Waals surface area (Å²) in [6.07, 6.45) is 2.93.